The zero-order valence-electron chi connectivity index (χ0n) is 26.8. The lowest BCUT2D eigenvalue weighted by Crippen LogP contribution is -2.33. The van der Waals surface area contributed by atoms with E-state index in [1.54, 1.807) is 12.2 Å². The lowest BCUT2D eigenvalue weighted by atomic mass is 9.70. The smallest absolute Gasteiger partial charge is 0.220 e. The Balaban J connectivity index is 2.60. The van der Waals surface area contributed by atoms with Gasteiger partial charge in [0.15, 0.2) is 11.6 Å². The maximum Gasteiger partial charge on any atom is 0.220 e. The number of allylic oxidation sites excluding steroid dienone is 4. The summed E-state index contributed by atoms with van der Waals surface area (Å²) in [6, 6.07) is 0.180. The summed E-state index contributed by atoms with van der Waals surface area (Å²) in [7, 11) is 0. The molecule has 0 radical (unpaired) electrons. The second kappa shape index (κ2) is 17.5. The van der Waals surface area contributed by atoms with Crippen molar-refractivity contribution in [1.82, 2.24) is 10.6 Å². The minimum Gasteiger partial charge on any atom is -0.354 e. The van der Waals surface area contributed by atoms with E-state index < -0.39 is 10.8 Å². The Bertz CT molecular complexity index is 839. The molecule has 2 unspecified atom stereocenters. The molecule has 0 spiro atoms. The summed E-state index contributed by atoms with van der Waals surface area (Å²) in [6.45, 7) is 16.4. The van der Waals surface area contributed by atoms with Crippen LogP contribution in [0.2, 0.25) is 0 Å². The molecule has 0 fully saturated rings. The fourth-order valence-electron chi connectivity index (χ4n) is 5.50. The molecule has 1 rings (SSSR count). The van der Waals surface area contributed by atoms with Crippen LogP contribution >= 0.6 is 0 Å². The van der Waals surface area contributed by atoms with E-state index in [-0.39, 0.29) is 35.5 Å². The Hall–Kier alpha value is -2.24. The number of unbranched alkanes of at least 4 members (excludes halogenated alkanes) is 4. The van der Waals surface area contributed by atoms with Gasteiger partial charge in [-0.15, -0.1) is 0 Å². The van der Waals surface area contributed by atoms with Crippen molar-refractivity contribution in [2.45, 2.75) is 157 Å². The minimum atomic E-state index is -0.422. The van der Waals surface area contributed by atoms with Gasteiger partial charge in [-0.05, 0) is 75.4 Å². The van der Waals surface area contributed by atoms with Gasteiger partial charge in [-0.25, -0.2) is 0 Å². The molecule has 228 valence electrons. The standard InChI is InChI=1S/C34H58N2O4/c1-9-11-13-19-31(39)35-25(3)17-15-21-33(5,6)27-23-30(38)28(24-29(27)37)34(7,8)22-16-18-26(4)36-32(40)20-14-12-10-2/h23-26H,9-22H2,1-8H3,(H,35,39)(H,36,40). The Kier molecular flexibility index (Phi) is 15.7. The Labute approximate surface area is 244 Å². The monoisotopic (exact) mass is 558 g/mol. The van der Waals surface area contributed by atoms with E-state index in [1.807, 2.05) is 41.5 Å². The molecule has 0 aromatic carbocycles. The highest BCUT2D eigenvalue weighted by molar-refractivity contribution is 6.20. The molecule has 6 heteroatoms. The molecule has 6 nitrogen and oxygen atoms in total. The lowest BCUT2D eigenvalue weighted by Gasteiger charge is -2.33. The predicted octanol–water partition coefficient (Wildman–Crippen LogP) is 7.55. The number of rotatable bonds is 20. The van der Waals surface area contributed by atoms with E-state index in [1.165, 1.54) is 0 Å². The Morgan fingerprint density at radius 1 is 0.650 bits per heavy atom. The SMILES string of the molecule is CCCCCC(=O)NC(C)CCCC(C)(C)C1=CC(=O)C(C(C)(C)CCCC(C)NC(=O)CCCCC)=CC1=O. The first-order valence-corrected chi connectivity index (χ1v) is 15.8. The van der Waals surface area contributed by atoms with Gasteiger partial charge in [-0.3, -0.25) is 19.2 Å². The first kappa shape index (κ1) is 35.8. The van der Waals surface area contributed by atoms with Crippen LogP contribution in [0.3, 0.4) is 0 Å². The third kappa shape index (κ3) is 13.0. The molecule has 40 heavy (non-hydrogen) atoms. The predicted molar refractivity (Wildman–Crippen MR) is 165 cm³/mol. The number of ketones is 2. The zero-order chi connectivity index (χ0) is 30.3. The topological polar surface area (TPSA) is 92.3 Å². The first-order chi connectivity index (χ1) is 18.7. The van der Waals surface area contributed by atoms with Crippen molar-refractivity contribution in [1.29, 1.82) is 0 Å². The second-order valence-corrected chi connectivity index (χ2v) is 13.2. The summed E-state index contributed by atoms with van der Waals surface area (Å²) in [5, 5.41) is 6.16. The molecule has 1 aliphatic rings. The van der Waals surface area contributed by atoms with Crippen LogP contribution in [-0.2, 0) is 19.2 Å². The average molecular weight is 559 g/mol. The molecule has 0 aliphatic heterocycles. The Morgan fingerprint density at radius 2 is 1.00 bits per heavy atom. The molecule has 0 aromatic rings. The number of amides is 2. The van der Waals surface area contributed by atoms with Crippen LogP contribution in [0, 0.1) is 10.8 Å². The van der Waals surface area contributed by atoms with Gasteiger partial charge in [0, 0.05) is 36.1 Å². The second-order valence-electron chi connectivity index (χ2n) is 13.2. The van der Waals surface area contributed by atoms with Crippen molar-refractivity contribution in [2.24, 2.45) is 10.8 Å². The van der Waals surface area contributed by atoms with Crippen LogP contribution in [0.25, 0.3) is 0 Å². The molecule has 0 saturated carbocycles. The fourth-order valence-corrected chi connectivity index (χ4v) is 5.50. The molecule has 0 saturated heterocycles. The highest BCUT2D eigenvalue weighted by Crippen LogP contribution is 2.40. The summed E-state index contributed by atoms with van der Waals surface area (Å²) in [6.07, 6.45) is 15.4. The number of nitrogens with one attached hydrogen (secondary N) is 2. The third-order valence-corrected chi connectivity index (χ3v) is 8.25. The zero-order valence-corrected chi connectivity index (χ0v) is 26.8. The molecule has 2 atom stereocenters. The van der Waals surface area contributed by atoms with Crippen LogP contribution in [0.15, 0.2) is 23.3 Å². The maximum absolute atomic E-state index is 13.2. The van der Waals surface area contributed by atoms with Crippen molar-refractivity contribution in [3.8, 4) is 0 Å². The normalized spacial score (nSPS) is 15.8. The van der Waals surface area contributed by atoms with Gasteiger partial charge in [0.1, 0.15) is 0 Å². The quantitative estimate of drug-likeness (QED) is 0.119. The van der Waals surface area contributed by atoms with E-state index in [9.17, 15) is 19.2 Å². The summed E-state index contributed by atoms with van der Waals surface area (Å²) >= 11 is 0. The molecule has 2 N–H and O–H groups in total. The van der Waals surface area contributed by atoms with E-state index in [0.29, 0.717) is 24.0 Å². The van der Waals surface area contributed by atoms with E-state index >= 15 is 0 Å². The van der Waals surface area contributed by atoms with Gasteiger partial charge in [-0.2, -0.15) is 0 Å². The maximum atomic E-state index is 13.2. The number of carbonyl (C=O) groups excluding carboxylic acids is 4. The van der Waals surface area contributed by atoms with Gasteiger partial charge < -0.3 is 10.6 Å². The molecule has 1 aliphatic carbocycles. The summed E-state index contributed by atoms with van der Waals surface area (Å²) in [4.78, 5) is 50.6. The van der Waals surface area contributed by atoms with Gasteiger partial charge in [0.25, 0.3) is 0 Å². The van der Waals surface area contributed by atoms with Crippen LogP contribution in [0.4, 0.5) is 0 Å². The molecular formula is C34H58N2O4. The van der Waals surface area contributed by atoms with E-state index in [0.717, 1.165) is 77.0 Å². The van der Waals surface area contributed by atoms with Crippen LogP contribution < -0.4 is 10.6 Å². The molecule has 2 amide bonds. The number of carbonyl (C=O) groups is 4. The van der Waals surface area contributed by atoms with Crippen LogP contribution in [0.1, 0.15) is 145 Å². The first-order valence-electron chi connectivity index (χ1n) is 15.8. The van der Waals surface area contributed by atoms with Gasteiger partial charge in [0.2, 0.25) is 11.8 Å². The third-order valence-electron chi connectivity index (χ3n) is 8.25. The van der Waals surface area contributed by atoms with Crippen molar-refractivity contribution >= 4 is 23.4 Å². The molecule has 0 bridgehead atoms. The highest BCUT2D eigenvalue weighted by atomic mass is 16.2. The molecule has 0 heterocycles. The summed E-state index contributed by atoms with van der Waals surface area (Å²) in [5.41, 5.74) is 0.309. The average Bonchev–Trinajstić information content (AvgIpc) is 2.85. The van der Waals surface area contributed by atoms with Crippen molar-refractivity contribution in [3.05, 3.63) is 23.3 Å². The van der Waals surface area contributed by atoms with Crippen LogP contribution in [0.5, 0.6) is 0 Å². The number of hydrogen-bond donors (Lipinski definition) is 2. The van der Waals surface area contributed by atoms with Gasteiger partial charge in [0.05, 0.1) is 0 Å². The van der Waals surface area contributed by atoms with Crippen molar-refractivity contribution in [3.63, 3.8) is 0 Å². The lowest BCUT2D eigenvalue weighted by molar-refractivity contribution is -0.122. The largest absolute Gasteiger partial charge is 0.354 e. The van der Waals surface area contributed by atoms with Crippen molar-refractivity contribution in [2.75, 3.05) is 0 Å². The van der Waals surface area contributed by atoms with E-state index in [4.69, 9.17) is 0 Å². The summed E-state index contributed by atoms with van der Waals surface area (Å²) < 4.78 is 0. The van der Waals surface area contributed by atoms with Crippen LogP contribution in [-0.4, -0.2) is 35.5 Å². The summed E-state index contributed by atoms with van der Waals surface area (Å²) in [5.74, 6) is 0.0751. The molecule has 0 aromatic heterocycles. The van der Waals surface area contributed by atoms with Gasteiger partial charge in [-0.1, -0.05) is 80.1 Å². The highest BCUT2D eigenvalue weighted by Gasteiger charge is 2.36. The van der Waals surface area contributed by atoms with Gasteiger partial charge >= 0.3 is 0 Å². The van der Waals surface area contributed by atoms with E-state index in [2.05, 4.69) is 24.5 Å². The Morgan fingerprint density at radius 3 is 1.32 bits per heavy atom. The minimum absolute atomic E-state index is 0.0716. The number of hydrogen-bond acceptors (Lipinski definition) is 4. The molecular weight excluding hydrogens is 500 g/mol. The fraction of sp³-hybridized carbons (Fsp3) is 0.765. The van der Waals surface area contributed by atoms with Crippen molar-refractivity contribution < 1.29 is 19.2 Å².